The van der Waals surface area contributed by atoms with Crippen LogP contribution >= 0.6 is 15.9 Å². The number of fused-ring (bicyclic) bond motifs is 3. The minimum atomic E-state index is -0.868. The van der Waals surface area contributed by atoms with Crippen LogP contribution in [0.2, 0.25) is 0 Å². The second kappa shape index (κ2) is 8.06. The van der Waals surface area contributed by atoms with Gasteiger partial charge in [-0.05, 0) is 37.5 Å². The number of amides is 1. The van der Waals surface area contributed by atoms with E-state index in [-0.39, 0.29) is 23.2 Å². The molecular formula is C20H23BrN4O4. The summed E-state index contributed by atoms with van der Waals surface area (Å²) in [7, 11) is 0. The highest BCUT2D eigenvalue weighted by Crippen LogP contribution is 2.29. The number of carbonyl (C=O) groups is 1. The number of H-pyrrole nitrogens is 1. The van der Waals surface area contributed by atoms with Gasteiger partial charge >= 0.3 is 6.09 Å². The molecule has 2 unspecified atom stereocenters. The Bertz CT molecular complexity index is 1110. The van der Waals surface area contributed by atoms with E-state index in [9.17, 15) is 14.7 Å². The third-order valence-corrected chi connectivity index (χ3v) is 5.97. The van der Waals surface area contributed by atoms with Crippen molar-refractivity contribution in [2.45, 2.75) is 51.1 Å². The number of piperidine rings is 1. The van der Waals surface area contributed by atoms with Crippen molar-refractivity contribution in [2.75, 3.05) is 11.9 Å². The van der Waals surface area contributed by atoms with Crippen molar-refractivity contribution in [2.24, 2.45) is 0 Å². The van der Waals surface area contributed by atoms with E-state index in [1.165, 1.54) is 4.90 Å². The number of aromatic amines is 1. The van der Waals surface area contributed by atoms with E-state index in [1.807, 2.05) is 12.1 Å². The molecule has 2 aromatic heterocycles. The fourth-order valence-electron chi connectivity index (χ4n) is 4.03. The number of hydrogen-bond acceptors (Lipinski definition) is 5. The molecule has 29 heavy (non-hydrogen) atoms. The maximum Gasteiger partial charge on any atom is 0.407 e. The molecule has 0 spiro atoms. The molecule has 154 valence electrons. The molecule has 3 N–H and O–H groups in total. The van der Waals surface area contributed by atoms with Gasteiger partial charge in [-0.2, -0.15) is 0 Å². The van der Waals surface area contributed by atoms with E-state index >= 15 is 0 Å². The average molecular weight is 463 g/mol. The summed E-state index contributed by atoms with van der Waals surface area (Å²) in [5.41, 5.74) is 0.978. The van der Waals surface area contributed by atoms with Gasteiger partial charge in [-0.3, -0.25) is 9.78 Å². The van der Waals surface area contributed by atoms with Crippen LogP contribution in [0.4, 0.5) is 10.7 Å². The lowest BCUT2D eigenvalue weighted by atomic mass is 9.94. The topological polar surface area (TPSA) is 111 Å². The molecule has 0 aliphatic carbocycles. The number of benzene rings is 1. The molecule has 9 heteroatoms. The van der Waals surface area contributed by atoms with Crippen LogP contribution in [0.15, 0.2) is 31.9 Å². The van der Waals surface area contributed by atoms with E-state index in [0.717, 1.165) is 29.1 Å². The summed E-state index contributed by atoms with van der Waals surface area (Å²) in [5, 5.41) is 13.5. The number of likely N-dealkylation sites (tertiary alicyclic amines) is 1. The number of nitrogens with zero attached hydrogens (tertiary/aromatic N) is 2. The van der Waals surface area contributed by atoms with Gasteiger partial charge in [0.05, 0.1) is 0 Å². The zero-order chi connectivity index (χ0) is 20.5. The molecule has 3 aromatic rings. The summed E-state index contributed by atoms with van der Waals surface area (Å²) in [6.07, 6.45) is 3.33. The highest BCUT2D eigenvalue weighted by Gasteiger charge is 2.31. The Morgan fingerprint density at radius 3 is 3.07 bits per heavy atom. The predicted molar refractivity (Wildman–Crippen MR) is 115 cm³/mol. The van der Waals surface area contributed by atoms with Crippen molar-refractivity contribution >= 4 is 50.0 Å². The summed E-state index contributed by atoms with van der Waals surface area (Å²) >= 11 is 3.44. The normalized spacial score (nSPS) is 19.7. The lowest BCUT2D eigenvalue weighted by Crippen LogP contribution is -2.48. The molecule has 0 saturated carbocycles. The number of carboxylic acid groups (broad SMARTS) is 1. The Morgan fingerprint density at radius 1 is 1.48 bits per heavy atom. The Morgan fingerprint density at radius 2 is 2.31 bits per heavy atom. The Kier molecular flexibility index (Phi) is 5.49. The van der Waals surface area contributed by atoms with Crippen molar-refractivity contribution < 1.29 is 14.3 Å². The zero-order valence-corrected chi connectivity index (χ0v) is 17.7. The molecule has 3 heterocycles. The number of furan rings is 1. The van der Waals surface area contributed by atoms with E-state index in [2.05, 4.69) is 38.1 Å². The van der Waals surface area contributed by atoms with Gasteiger partial charge in [-0.25, -0.2) is 9.78 Å². The lowest BCUT2D eigenvalue weighted by molar-refractivity contribution is 0.0991. The van der Waals surface area contributed by atoms with Gasteiger partial charge < -0.3 is 19.7 Å². The first-order chi connectivity index (χ1) is 14.0. The van der Waals surface area contributed by atoms with Crippen LogP contribution < -0.4 is 10.9 Å². The van der Waals surface area contributed by atoms with E-state index in [0.29, 0.717) is 36.4 Å². The van der Waals surface area contributed by atoms with Crippen LogP contribution in [0, 0.1) is 0 Å². The van der Waals surface area contributed by atoms with Crippen LogP contribution in [0.1, 0.15) is 39.0 Å². The average Bonchev–Trinajstić information content (AvgIpc) is 3.05. The summed E-state index contributed by atoms with van der Waals surface area (Å²) in [6, 6.07) is 5.54. The maximum atomic E-state index is 12.5. The molecule has 1 fully saturated rings. The van der Waals surface area contributed by atoms with Crippen molar-refractivity contribution in [3.05, 3.63) is 33.0 Å². The molecule has 4 rings (SSSR count). The molecule has 1 aliphatic heterocycles. The quantitative estimate of drug-likeness (QED) is 0.512. The number of halogens is 1. The predicted octanol–water partition coefficient (Wildman–Crippen LogP) is 4.54. The molecule has 1 aliphatic rings. The summed E-state index contributed by atoms with van der Waals surface area (Å²) in [6.45, 7) is 2.57. The first-order valence-electron chi connectivity index (χ1n) is 9.84. The highest BCUT2D eigenvalue weighted by molar-refractivity contribution is 9.10. The van der Waals surface area contributed by atoms with Crippen molar-refractivity contribution in [3.63, 3.8) is 0 Å². The van der Waals surface area contributed by atoms with Gasteiger partial charge in [0.2, 0.25) is 11.5 Å². The second-order valence-electron chi connectivity index (χ2n) is 7.47. The molecule has 8 nitrogen and oxygen atoms in total. The molecular weight excluding hydrogens is 440 g/mol. The van der Waals surface area contributed by atoms with Crippen LogP contribution in [0.5, 0.6) is 0 Å². The number of aromatic nitrogens is 2. The van der Waals surface area contributed by atoms with Gasteiger partial charge in [-0.1, -0.05) is 35.7 Å². The minimum absolute atomic E-state index is 0.0279. The van der Waals surface area contributed by atoms with Crippen LogP contribution in [-0.2, 0) is 0 Å². The number of nitrogens with one attached hydrogen (secondary N) is 2. The Labute approximate surface area is 175 Å². The van der Waals surface area contributed by atoms with E-state index in [4.69, 9.17) is 4.42 Å². The van der Waals surface area contributed by atoms with Crippen molar-refractivity contribution in [1.29, 1.82) is 0 Å². The fraction of sp³-hybridized carbons (Fsp3) is 0.450. The molecule has 1 amide bonds. The lowest BCUT2D eigenvalue weighted by Gasteiger charge is -2.38. The van der Waals surface area contributed by atoms with Gasteiger partial charge in [0.25, 0.3) is 5.56 Å². The first kappa shape index (κ1) is 19.8. The van der Waals surface area contributed by atoms with Crippen LogP contribution in [0.3, 0.4) is 0 Å². The van der Waals surface area contributed by atoms with Crippen LogP contribution in [-0.4, -0.2) is 44.7 Å². The second-order valence-corrected chi connectivity index (χ2v) is 8.39. The standard InChI is InChI=1S/C20H23BrN4O4/c1-2-3-4-13-10-12(7-8-25(13)20(27)28)22-19-23-16-14-9-11(21)5-6-15(14)29-17(16)18(26)24-19/h5-6,9,12-13H,2-4,7-8,10H2,1H3,(H,27,28)(H2,22,23,24,26). The smallest absolute Gasteiger partial charge is 0.407 e. The molecule has 0 radical (unpaired) electrons. The zero-order valence-electron chi connectivity index (χ0n) is 16.1. The monoisotopic (exact) mass is 462 g/mol. The highest BCUT2D eigenvalue weighted by atomic mass is 79.9. The SMILES string of the molecule is CCCCC1CC(Nc2nc3c(oc4ccc(Br)cc43)c(=O)[nH]2)CCN1C(=O)O. The van der Waals surface area contributed by atoms with E-state index < -0.39 is 6.09 Å². The van der Waals surface area contributed by atoms with Gasteiger partial charge in [0.1, 0.15) is 11.1 Å². The molecule has 2 atom stereocenters. The van der Waals surface area contributed by atoms with Crippen molar-refractivity contribution in [3.8, 4) is 0 Å². The maximum absolute atomic E-state index is 12.5. The number of anilines is 1. The Hall–Kier alpha value is -2.55. The summed E-state index contributed by atoms with van der Waals surface area (Å²) < 4.78 is 6.54. The third-order valence-electron chi connectivity index (χ3n) is 5.48. The summed E-state index contributed by atoms with van der Waals surface area (Å²) in [5.74, 6) is 0.383. The van der Waals surface area contributed by atoms with Gasteiger partial charge in [-0.15, -0.1) is 0 Å². The number of rotatable bonds is 5. The first-order valence-corrected chi connectivity index (χ1v) is 10.6. The molecule has 0 bridgehead atoms. The summed E-state index contributed by atoms with van der Waals surface area (Å²) in [4.78, 5) is 32.9. The molecule has 1 aromatic carbocycles. The third kappa shape index (κ3) is 3.96. The largest absolute Gasteiger partial charge is 0.465 e. The van der Waals surface area contributed by atoms with Gasteiger partial charge in [0.15, 0.2) is 0 Å². The van der Waals surface area contributed by atoms with Crippen LogP contribution in [0.25, 0.3) is 22.1 Å². The number of unbranched alkanes of at least 4 members (excludes halogenated alkanes) is 1. The molecule has 1 saturated heterocycles. The number of hydrogen-bond donors (Lipinski definition) is 3. The van der Waals surface area contributed by atoms with Crippen molar-refractivity contribution in [1.82, 2.24) is 14.9 Å². The Balaban J connectivity index is 1.60. The minimum Gasteiger partial charge on any atom is -0.465 e. The van der Waals surface area contributed by atoms with E-state index in [1.54, 1.807) is 6.07 Å². The fourth-order valence-corrected chi connectivity index (χ4v) is 4.40. The van der Waals surface area contributed by atoms with Gasteiger partial charge in [0, 0.05) is 28.5 Å².